The van der Waals surface area contributed by atoms with Crippen LogP contribution >= 0.6 is 0 Å². The normalized spacial score (nSPS) is 19.6. The topological polar surface area (TPSA) is 115 Å². The molecule has 3 rings (SSSR count). The first-order chi connectivity index (χ1) is 11.3. The molecule has 9 heteroatoms. The Morgan fingerprint density at radius 3 is 3.04 bits per heavy atom. The molecule has 1 aliphatic heterocycles. The molecule has 0 aliphatic carbocycles. The van der Waals surface area contributed by atoms with Gasteiger partial charge in [-0.15, -0.1) is 0 Å². The van der Waals surface area contributed by atoms with Gasteiger partial charge in [0.1, 0.15) is 5.82 Å². The molecule has 0 amide bonds. The molecule has 0 bridgehead atoms. The van der Waals surface area contributed by atoms with Crippen LogP contribution in [-0.4, -0.2) is 46.9 Å². The van der Waals surface area contributed by atoms with Crippen molar-refractivity contribution in [1.29, 1.82) is 0 Å². The van der Waals surface area contributed by atoms with E-state index in [-0.39, 0.29) is 13.1 Å². The maximum Gasteiger partial charge on any atom is 0.307 e. The summed E-state index contributed by atoms with van der Waals surface area (Å²) in [5.74, 6) is -1.09. The van der Waals surface area contributed by atoms with E-state index in [1.54, 1.807) is 0 Å². The van der Waals surface area contributed by atoms with Gasteiger partial charge in [0.25, 0.3) is 10.2 Å². The molecule has 0 radical (unpaired) electrons. The molecular formula is C15H20N4O4S. The van der Waals surface area contributed by atoms with E-state index in [1.165, 1.54) is 4.31 Å². The van der Waals surface area contributed by atoms with Crippen LogP contribution in [0.5, 0.6) is 0 Å². The van der Waals surface area contributed by atoms with E-state index < -0.39 is 22.1 Å². The summed E-state index contributed by atoms with van der Waals surface area (Å²) in [6.07, 6.45) is 1.05. The number of rotatable bonds is 5. The van der Waals surface area contributed by atoms with Crippen molar-refractivity contribution in [2.24, 2.45) is 5.92 Å². The summed E-state index contributed by atoms with van der Waals surface area (Å²) >= 11 is 0. The number of aliphatic carboxylic acids is 1. The molecule has 8 nitrogen and oxygen atoms in total. The number of benzene rings is 1. The fraction of sp³-hybridized carbons (Fsp3) is 0.467. The van der Waals surface area contributed by atoms with Gasteiger partial charge in [0.05, 0.1) is 23.5 Å². The monoisotopic (exact) mass is 352 g/mol. The predicted octanol–water partition coefficient (Wildman–Crippen LogP) is 1.00. The maximum absolute atomic E-state index is 12.4. The van der Waals surface area contributed by atoms with Crippen LogP contribution in [0, 0.1) is 12.8 Å². The van der Waals surface area contributed by atoms with Crippen LogP contribution in [0.2, 0.25) is 0 Å². The Kier molecular flexibility index (Phi) is 4.57. The van der Waals surface area contributed by atoms with Gasteiger partial charge in [0.2, 0.25) is 0 Å². The zero-order valence-electron chi connectivity index (χ0n) is 13.3. The Morgan fingerprint density at radius 1 is 1.50 bits per heavy atom. The average Bonchev–Trinajstić information content (AvgIpc) is 2.95. The second-order valence-corrected chi connectivity index (χ2v) is 7.82. The highest BCUT2D eigenvalue weighted by molar-refractivity contribution is 7.87. The Bertz CT molecular complexity index is 861. The molecule has 0 spiro atoms. The summed E-state index contributed by atoms with van der Waals surface area (Å²) in [6.45, 7) is 2.34. The largest absolute Gasteiger partial charge is 0.481 e. The number of imidazole rings is 1. The number of piperidine rings is 1. The average molecular weight is 352 g/mol. The van der Waals surface area contributed by atoms with E-state index in [9.17, 15) is 13.2 Å². The third-order valence-corrected chi connectivity index (χ3v) is 5.70. The lowest BCUT2D eigenvalue weighted by Crippen LogP contribution is -2.47. The number of aromatic nitrogens is 2. The van der Waals surface area contributed by atoms with Crippen molar-refractivity contribution < 1.29 is 18.3 Å². The van der Waals surface area contributed by atoms with E-state index >= 15 is 0 Å². The standard InChI is InChI=1S/C15H20N4O4S/c1-10-4-5-12-13(7-10)18-14(17-12)8-16-24(22,23)19-6-2-3-11(9-19)15(20)21/h4-5,7,11,16H,2-3,6,8-9H2,1H3,(H,17,18)(H,20,21)/t11-/m0/s1. The molecule has 1 aliphatic rings. The zero-order chi connectivity index (χ0) is 17.3. The number of nitrogens with zero attached hydrogens (tertiary/aromatic N) is 2. The van der Waals surface area contributed by atoms with E-state index in [4.69, 9.17) is 5.11 Å². The lowest BCUT2D eigenvalue weighted by atomic mass is 10.0. The first kappa shape index (κ1) is 16.9. The van der Waals surface area contributed by atoms with Crippen molar-refractivity contribution in [3.63, 3.8) is 0 Å². The van der Waals surface area contributed by atoms with E-state index in [0.29, 0.717) is 25.2 Å². The fourth-order valence-corrected chi connectivity index (χ4v) is 4.12. The Balaban J connectivity index is 1.68. The summed E-state index contributed by atoms with van der Waals surface area (Å²) in [5, 5.41) is 9.08. The lowest BCUT2D eigenvalue weighted by Gasteiger charge is -2.29. The molecule has 24 heavy (non-hydrogen) atoms. The maximum atomic E-state index is 12.4. The van der Waals surface area contributed by atoms with Gasteiger partial charge in [-0.2, -0.15) is 17.4 Å². The first-order valence-electron chi connectivity index (χ1n) is 7.78. The highest BCUT2D eigenvalue weighted by Gasteiger charge is 2.32. The number of hydrogen-bond acceptors (Lipinski definition) is 4. The molecule has 2 heterocycles. The molecule has 3 N–H and O–H groups in total. The minimum atomic E-state index is -3.73. The molecule has 1 aromatic carbocycles. The highest BCUT2D eigenvalue weighted by Crippen LogP contribution is 2.19. The SMILES string of the molecule is Cc1ccc2nc(CNS(=O)(=O)N3CCC[C@H](C(=O)O)C3)[nH]c2c1. The Morgan fingerprint density at radius 2 is 2.29 bits per heavy atom. The number of carboxylic acids is 1. The Labute approximate surface area is 140 Å². The quantitative estimate of drug-likeness (QED) is 0.742. The summed E-state index contributed by atoms with van der Waals surface area (Å²) < 4.78 is 28.4. The van der Waals surface area contributed by atoms with Crippen molar-refractivity contribution in [3.05, 3.63) is 29.6 Å². The molecule has 130 valence electrons. The van der Waals surface area contributed by atoms with E-state index in [0.717, 1.165) is 16.6 Å². The number of carbonyl (C=O) groups is 1. The number of carboxylic acid groups (broad SMARTS) is 1. The van der Waals surface area contributed by atoms with Crippen LogP contribution in [0.3, 0.4) is 0 Å². The zero-order valence-corrected chi connectivity index (χ0v) is 14.1. The number of aromatic amines is 1. The molecule has 1 atom stereocenters. The van der Waals surface area contributed by atoms with Crippen LogP contribution in [0.25, 0.3) is 11.0 Å². The van der Waals surface area contributed by atoms with Crippen LogP contribution in [0.15, 0.2) is 18.2 Å². The van der Waals surface area contributed by atoms with Crippen molar-refractivity contribution in [3.8, 4) is 0 Å². The van der Waals surface area contributed by atoms with Crippen molar-refractivity contribution in [1.82, 2.24) is 19.0 Å². The third-order valence-electron chi connectivity index (χ3n) is 4.18. The van der Waals surface area contributed by atoms with Crippen LogP contribution in [0.4, 0.5) is 0 Å². The second kappa shape index (κ2) is 6.50. The molecular weight excluding hydrogens is 332 g/mol. The van der Waals surface area contributed by atoms with Crippen LogP contribution in [-0.2, 0) is 21.5 Å². The number of nitrogens with one attached hydrogen (secondary N) is 2. The van der Waals surface area contributed by atoms with Gasteiger partial charge in [-0.25, -0.2) is 4.98 Å². The van der Waals surface area contributed by atoms with Gasteiger partial charge < -0.3 is 10.1 Å². The van der Waals surface area contributed by atoms with E-state index in [2.05, 4.69) is 14.7 Å². The number of aryl methyl sites for hydroxylation is 1. The third kappa shape index (κ3) is 3.58. The highest BCUT2D eigenvalue weighted by atomic mass is 32.2. The number of H-pyrrole nitrogens is 1. The van der Waals surface area contributed by atoms with Crippen molar-refractivity contribution >= 4 is 27.2 Å². The summed E-state index contributed by atoms with van der Waals surface area (Å²) in [7, 11) is -3.73. The summed E-state index contributed by atoms with van der Waals surface area (Å²) in [6, 6.07) is 5.76. The second-order valence-electron chi connectivity index (χ2n) is 6.07. The Hall–Kier alpha value is -1.97. The molecule has 1 aromatic heterocycles. The van der Waals surface area contributed by atoms with Crippen LogP contribution < -0.4 is 4.72 Å². The molecule has 0 saturated carbocycles. The van der Waals surface area contributed by atoms with Gasteiger partial charge in [-0.1, -0.05) is 6.07 Å². The minimum Gasteiger partial charge on any atom is -0.481 e. The predicted molar refractivity (Wildman–Crippen MR) is 88.5 cm³/mol. The summed E-state index contributed by atoms with van der Waals surface area (Å²) in [5.41, 5.74) is 2.72. The minimum absolute atomic E-state index is 0.00396. The first-order valence-corrected chi connectivity index (χ1v) is 9.22. The van der Waals surface area contributed by atoms with E-state index in [1.807, 2.05) is 25.1 Å². The van der Waals surface area contributed by atoms with Gasteiger partial charge in [-0.05, 0) is 37.5 Å². The smallest absolute Gasteiger partial charge is 0.307 e. The van der Waals surface area contributed by atoms with Gasteiger partial charge in [0.15, 0.2) is 0 Å². The lowest BCUT2D eigenvalue weighted by molar-refractivity contribution is -0.142. The van der Waals surface area contributed by atoms with Gasteiger partial charge >= 0.3 is 5.97 Å². The molecule has 1 fully saturated rings. The number of fused-ring (bicyclic) bond motifs is 1. The van der Waals surface area contributed by atoms with Crippen molar-refractivity contribution in [2.45, 2.75) is 26.3 Å². The number of hydrogen-bond donors (Lipinski definition) is 3. The molecule has 0 unspecified atom stereocenters. The molecule has 1 saturated heterocycles. The summed E-state index contributed by atoms with van der Waals surface area (Å²) in [4.78, 5) is 18.5. The van der Waals surface area contributed by atoms with Gasteiger partial charge in [-0.3, -0.25) is 4.79 Å². The van der Waals surface area contributed by atoms with Crippen molar-refractivity contribution in [2.75, 3.05) is 13.1 Å². The molecule has 2 aromatic rings. The van der Waals surface area contributed by atoms with Gasteiger partial charge in [0, 0.05) is 13.1 Å². The fourth-order valence-electron chi connectivity index (χ4n) is 2.87. The van der Waals surface area contributed by atoms with Crippen LogP contribution in [0.1, 0.15) is 24.2 Å².